The molecule has 17 heavy (non-hydrogen) atoms. The van der Waals surface area contributed by atoms with E-state index in [1.165, 1.54) is 6.42 Å². The molecule has 0 amide bonds. The summed E-state index contributed by atoms with van der Waals surface area (Å²) < 4.78 is 2.09. The highest BCUT2D eigenvalue weighted by molar-refractivity contribution is 5.77. The van der Waals surface area contributed by atoms with Crippen molar-refractivity contribution in [3.8, 4) is 5.75 Å². The van der Waals surface area contributed by atoms with Crippen molar-refractivity contribution in [2.24, 2.45) is 13.0 Å². The number of nitrogens with zero attached hydrogens (tertiary/aromatic N) is 2. The second-order valence-corrected chi connectivity index (χ2v) is 4.82. The lowest BCUT2D eigenvalue weighted by atomic mass is 10.0. The van der Waals surface area contributed by atoms with E-state index in [2.05, 4.69) is 14.9 Å². The van der Waals surface area contributed by atoms with Gasteiger partial charge >= 0.3 is 0 Å². The molecule has 0 saturated carbocycles. The molecule has 1 aliphatic rings. The number of imidazole rings is 1. The van der Waals surface area contributed by atoms with Crippen molar-refractivity contribution in [2.75, 3.05) is 13.1 Å². The highest BCUT2D eigenvalue weighted by atomic mass is 16.3. The van der Waals surface area contributed by atoms with Gasteiger partial charge in [-0.2, -0.15) is 0 Å². The van der Waals surface area contributed by atoms with Crippen LogP contribution in [0.2, 0.25) is 0 Å². The Morgan fingerprint density at radius 3 is 3.18 bits per heavy atom. The Morgan fingerprint density at radius 2 is 2.41 bits per heavy atom. The highest BCUT2D eigenvalue weighted by Crippen LogP contribution is 2.22. The number of phenols is 1. The van der Waals surface area contributed by atoms with E-state index in [0.717, 1.165) is 36.4 Å². The highest BCUT2D eigenvalue weighted by Gasteiger charge is 2.18. The molecule has 4 nitrogen and oxygen atoms in total. The first-order valence-corrected chi connectivity index (χ1v) is 6.09. The van der Waals surface area contributed by atoms with Crippen LogP contribution in [0.1, 0.15) is 12.2 Å². The minimum absolute atomic E-state index is 0.301. The number of aromatic nitrogens is 2. The van der Waals surface area contributed by atoms with Gasteiger partial charge in [0.1, 0.15) is 11.6 Å². The van der Waals surface area contributed by atoms with Crippen molar-refractivity contribution in [3.63, 3.8) is 0 Å². The summed E-state index contributed by atoms with van der Waals surface area (Å²) in [4.78, 5) is 4.64. The zero-order valence-electron chi connectivity index (χ0n) is 9.98. The fourth-order valence-electron chi connectivity index (χ4n) is 2.56. The van der Waals surface area contributed by atoms with E-state index in [-0.39, 0.29) is 0 Å². The molecule has 90 valence electrons. The molecule has 2 aromatic rings. The molecule has 1 aliphatic heterocycles. The van der Waals surface area contributed by atoms with E-state index in [9.17, 15) is 5.11 Å². The van der Waals surface area contributed by atoms with Crippen LogP contribution in [0.4, 0.5) is 0 Å². The van der Waals surface area contributed by atoms with E-state index in [1.54, 1.807) is 12.1 Å². The summed E-state index contributed by atoms with van der Waals surface area (Å²) in [7, 11) is 2.02. The largest absolute Gasteiger partial charge is 0.508 e. The lowest BCUT2D eigenvalue weighted by Gasteiger charge is -2.07. The fourth-order valence-corrected chi connectivity index (χ4v) is 2.56. The van der Waals surface area contributed by atoms with Crippen LogP contribution in [0.15, 0.2) is 18.2 Å². The molecule has 0 bridgehead atoms. The molecule has 0 spiro atoms. The van der Waals surface area contributed by atoms with Crippen molar-refractivity contribution in [2.45, 2.75) is 12.8 Å². The number of aromatic hydroxyl groups is 1. The predicted molar refractivity (Wildman–Crippen MR) is 67.1 cm³/mol. The smallest absolute Gasteiger partial charge is 0.117 e. The molecule has 4 heteroatoms. The minimum Gasteiger partial charge on any atom is -0.508 e. The normalized spacial score (nSPS) is 20.2. The summed E-state index contributed by atoms with van der Waals surface area (Å²) in [5, 5.41) is 12.9. The van der Waals surface area contributed by atoms with Gasteiger partial charge in [0, 0.05) is 19.5 Å². The number of hydrogen-bond donors (Lipinski definition) is 2. The SMILES string of the molecule is Cn1c(CC2CCNC2)nc2ccc(O)cc21. The molecular formula is C13H17N3O. The Morgan fingerprint density at radius 1 is 1.53 bits per heavy atom. The van der Waals surface area contributed by atoms with Crippen LogP contribution in [0.3, 0.4) is 0 Å². The van der Waals surface area contributed by atoms with Crippen LogP contribution in [0.5, 0.6) is 5.75 Å². The molecule has 3 rings (SSSR count). The summed E-state index contributed by atoms with van der Waals surface area (Å²) in [6, 6.07) is 5.34. The molecule has 1 unspecified atom stereocenters. The minimum atomic E-state index is 0.301. The Bertz CT molecular complexity index is 541. The Kier molecular flexibility index (Phi) is 2.52. The standard InChI is InChI=1S/C13H17N3O/c1-16-12-7-10(17)2-3-11(12)15-13(16)6-9-4-5-14-8-9/h2-3,7,9,14,17H,4-6,8H2,1H3. The number of fused-ring (bicyclic) bond motifs is 1. The van der Waals surface area contributed by atoms with E-state index < -0.39 is 0 Å². The molecule has 1 aromatic heterocycles. The second kappa shape index (κ2) is 4.04. The summed E-state index contributed by atoms with van der Waals surface area (Å²) in [6.07, 6.45) is 2.24. The predicted octanol–water partition coefficient (Wildman–Crippen LogP) is 1.43. The molecular weight excluding hydrogens is 214 g/mol. The van der Waals surface area contributed by atoms with Crippen LogP contribution >= 0.6 is 0 Å². The third-order valence-electron chi connectivity index (χ3n) is 3.59. The first-order valence-electron chi connectivity index (χ1n) is 6.09. The number of hydrogen-bond acceptors (Lipinski definition) is 3. The summed E-state index contributed by atoms with van der Waals surface area (Å²) >= 11 is 0. The van der Waals surface area contributed by atoms with Crippen molar-refractivity contribution < 1.29 is 5.11 Å². The van der Waals surface area contributed by atoms with Crippen LogP contribution in [-0.4, -0.2) is 27.7 Å². The zero-order chi connectivity index (χ0) is 11.8. The van der Waals surface area contributed by atoms with E-state index >= 15 is 0 Å². The maximum absolute atomic E-state index is 9.50. The van der Waals surface area contributed by atoms with Gasteiger partial charge in [-0.1, -0.05) is 0 Å². The molecule has 2 N–H and O–H groups in total. The third-order valence-corrected chi connectivity index (χ3v) is 3.59. The summed E-state index contributed by atoms with van der Waals surface area (Å²) in [5.41, 5.74) is 1.97. The molecule has 1 atom stereocenters. The average molecular weight is 231 g/mol. The van der Waals surface area contributed by atoms with Crippen LogP contribution in [0.25, 0.3) is 11.0 Å². The fraction of sp³-hybridized carbons (Fsp3) is 0.462. The van der Waals surface area contributed by atoms with Gasteiger partial charge in [-0.05, 0) is 37.6 Å². The van der Waals surface area contributed by atoms with Gasteiger partial charge in [-0.25, -0.2) is 4.98 Å². The Balaban J connectivity index is 1.96. The van der Waals surface area contributed by atoms with Crippen LogP contribution < -0.4 is 5.32 Å². The zero-order valence-corrected chi connectivity index (χ0v) is 9.98. The van der Waals surface area contributed by atoms with E-state index in [4.69, 9.17) is 0 Å². The van der Waals surface area contributed by atoms with Crippen molar-refractivity contribution in [3.05, 3.63) is 24.0 Å². The topological polar surface area (TPSA) is 50.1 Å². The van der Waals surface area contributed by atoms with Gasteiger partial charge in [-0.3, -0.25) is 0 Å². The lowest BCUT2D eigenvalue weighted by molar-refractivity contribution is 0.476. The maximum atomic E-state index is 9.50. The van der Waals surface area contributed by atoms with Gasteiger partial charge in [0.25, 0.3) is 0 Å². The molecule has 1 aromatic carbocycles. The Labute approximate surface area is 100 Å². The molecule has 1 saturated heterocycles. The molecule has 2 heterocycles. The van der Waals surface area contributed by atoms with Crippen molar-refractivity contribution in [1.82, 2.24) is 14.9 Å². The maximum Gasteiger partial charge on any atom is 0.117 e. The van der Waals surface area contributed by atoms with Crippen molar-refractivity contribution >= 4 is 11.0 Å². The first-order chi connectivity index (χ1) is 8.24. The number of rotatable bonds is 2. The van der Waals surface area contributed by atoms with Crippen LogP contribution in [0, 0.1) is 5.92 Å². The van der Waals surface area contributed by atoms with E-state index in [1.807, 2.05) is 13.1 Å². The van der Waals surface area contributed by atoms with Crippen molar-refractivity contribution in [1.29, 1.82) is 0 Å². The monoisotopic (exact) mass is 231 g/mol. The average Bonchev–Trinajstić information content (AvgIpc) is 2.91. The molecule has 0 radical (unpaired) electrons. The summed E-state index contributed by atoms with van der Waals surface area (Å²) in [6.45, 7) is 2.21. The molecule has 1 fully saturated rings. The first kappa shape index (κ1) is 10.6. The number of aryl methyl sites for hydroxylation is 1. The van der Waals surface area contributed by atoms with Gasteiger partial charge < -0.3 is 15.0 Å². The number of benzene rings is 1. The Hall–Kier alpha value is -1.55. The number of nitrogens with one attached hydrogen (secondary N) is 1. The quantitative estimate of drug-likeness (QED) is 0.822. The third kappa shape index (κ3) is 1.89. The lowest BCUT2D eigenvalue weighted by Crippen LogP contribution is -2.12. The second-order valence-electron chi connectivity index (χ2n) is 4.82. The number of phenolic OH excluding ortho intramolecular Hbond substituents is 1. The summed E-state index contributed by atoms with van der Waals surface area (Å²) in [5.74, 6) is 2.10. The van der Waals surface area contributed by atoms with Gasteiger partial charge in [0.15, 0.2) is 0 Å². The van der Waals surface area contributed by atoms with Crippen LogP contribution in [-0.2, 0) is 13.5 Å². The van der Waals surface area contributed by atoms with Gasteiger partial charge in [0.05, 0.1) is 11.0 Å². The van der Waals surface area contributed by atoms with Gasteiger partial charge in [-0.15, -0.1) is 0 Å². The molecule has 0 aliphatic carbocycles. The van der Waals surface area contributed by atoms with Gasteiger partial charge in [0.2, 0.25) is 0 Å². The van der Waals surface area contributed by atoms with E-state index in [0.29, 0.717) is 11.7 Å².